The number of hydrogen-bond acceptors (Lipinski definition) is 4. The maximum absolute atomic E-state index is 9.64. The van der Waals surface area contributed by atoms with Crippen LogP contribution in [0.2, 0.25) is 0 Å². The summed E-state index contributed by atoms with van der Waals surface area (Å²) in [6.45, 7) is 0. The van der Waals surface area contributed by atoms with E-state index in [1.54, 1.807) is 0 Å². The van der Waals surface area contributed by atoms with Gasteiger partial charge in [-0.2, -0.15) is 0 Å². The number of hydrogen-bond donors (Lipinski definition) is 4. The van der Waals surface area contributed by atoms with Gasteiger partial charge in [0.25, 0.3) is 0 Å². The Labute approximate surface area is 130 Å². The Morgan fingerprint density at radius 2 is 0.955 bits per heavy atom. The van der Waals surface area contributed by atoms with Gasteiger partial charge in [0.05, 0.1) is 0 Å². The smallest absolute Gasteiger partial charge is 0.202 e. The largest absolute Gasteiger partial charge is 0.359 e. The molecular weight excluding hydrogens is 280 g/mol. The van der Waals surface area contributed by atoms with E-state index in [0.29, 0.717) is 0 Å². The standard InChI is InChI=1S/C18H24O4/c19-17(20)10-4-14(5-11-17)16(8-2-1-3-9-16)15-6-12-18(21,22)13-7-15/h4-7,10-15,19-22H,1-3,8-9H2. The van der Waals surface area contributed by atoms with Crippen LogP contribution in [0, 0.1) is 17.3 Å². The minimum atomic E-state index is -1.85. The molecule has 4 nitrogen and oxygen atoms in total. The van der Waals surface area contributed by atoms with Gasteiger partial charge in [0.15, 0.2) is 0 Å². The normalized spacial score (nSPS) is 29.8. The van der Waals surface area contributed by atoms with Crippen molar-refractivity contribution in [3.8, 4) is 0 Å². The third-order valence-corrected chi connectivity index (χ3v) is 5.31. The molecule has 3 rings (SSSR count). The van der Waals surface area contributed by atoms with E-state index >= 15 is 0 Å². The molecule has 0 saturated heterocycles. The predicted molar refractivity (Wildman–Crippen MR) is 83.4 cm³/mol. The highest BCUT2D eigenvalue weighted by Gasteiger charge is 2.44. The monoisotopic (exact) mass is 304 g/mol. The summed E-state index contributed by atoms with van der Waals surface area (Å²) in [5, 5.41) is 38.6. The van der Waals surface area contributed by atoms with Crippen LogP contribution in [0.3, 0.4) is 0 Å². The van der Waals surface area contributed by atoms with Gasteiger partial charge >= 0.3 is 0 Å². The van der Waals surface area contributed by atoms with Gasteiger partial charge in [0.1, 0.15) is 0 Å². The van der Waals surface area contributed by atoms with Gasteiger partial charge in [-0.25, -0.2) is 0 Å². The molecule has 0 heterocycles. The molecule has 4 N–H and O–H groups in total. The number of aliphatic hydroxyl groups is 4. The summed E-state index contributed by atoms with van der Waals surface area (Å²) in [7, 11) is 0. The van der Waals surface area contributed by atoms with Crippen molar-refractivity contribution in [1.29, 1.82) is 0 Å². The van der Waals surface area contributed by atoms with E-state index in [4.69, 9.17) is 0 Å². The lowest BCUT2D eigenvalue weighted by Crippen LogP contribution is -2.41. The van der Waals surface area contributed by atoms with Gasteiger partial charge in [0, 0.05) is 11.8 Å². The summed E-state index contributed by atoms with van der Waals surface area (Å²) in [6.07, 6.45) is 18.9. The Balaban J connectivity index is 1.90. The molecule has 0 aromatic rings. The van der Waals surface area contributed by atoms with Crippen LogP contribution < -0.4 is 0 Å². The van der Waals surface area contributed by atoms with E-state index in [-0.39, 0.29) is 17.3 Å². The van der Waals surface area contributed by atoms with E-state index in [2.05, 4.69) is 0 Å². The van der Waals surface area contributed by atoms with Gasteiger partial charge in [0.2, 0.25) is 11.6 Å². The van der Waals surface area contributed by atoms with Crippen LogP contribution in [0.15, 0.2) is 48.6 Å². The van der Waals surface area contributed by atoms with E-state index in [9.17, 15) is 20.4 Å². The summed E-state index contributed by atoms with van der Waals surface area (Å²) in [5.74, 6) is -3.47. The van der Waals surface area contributed by atoms with Crippen LogP contribution in [-0.2, 0) is 0 Å². The second-order valence-electron chi connectivity index (χ2n) is 6.85. The number of allylic oxidation sites excluding steroid dienone is 4. The Morgan fingerprint density at radius 1 is 0.591 bits per heavy atom. The Morgan fingerprint density at radius 3 is 1.32 bits per heavy atom. The third-order valence-electron chi connectivity index (χ3n) is 5.31. The van der Waals surface area contributed by atoms with Crippen molar-refractivity contribution in [2.24, 2.45) is 17.3 Å². The second-order valence-corrected chi connectivity index (χ2v) is 6.85. The molecule has 1 fully saturated rings. The minimum Gasteiger partial charge on any atom is -0.359 e. The zero-order valence-electron chi connectivity index (χ0n) is 12.6. The minimum absolute atomic E-state index is 0.0365. The van der Waals surface area contributed by atoms with Gasteiger partial charge < -0.3 is 20.4 Å². The molecule has 0 aromatic heterocycles. The van der Waals surface area contributed by atoms with Crippen LogP contribution in [0.25, 0.3) is 0 Å². The lowest BCUT2D eigenvalue weighted by atomic mass is 9.57. The molecule has 0 aromatic carbocycles. The lowest BCUT2D eigenvalue weighted by Gasteiger charge is -2.47. The average Bonchev–Trinajstić information content (AvgIpc) is 2.47. The molecule has 0 atom stereocenters. The van der Waals surface area contributed by atoms with Crippen LogP contribution in [0.4, 0.5) is 0 Å². The third kappa shape index (κ3) is 2.97. The van der Waals surface area contributed by atoms with E-state index in [1.165, 1.54) is 30.7 Å². The summed E-state index contributed by atoms with van der Waals surface area (Å²) in [4.78, 5) is 0. The van der Waals surface area contributed by atoms with Crippen molar-refractivity contribution in [1.82, 2.24) is 0 Å². The fourth-order valence-electron chi connectivity index (χ4n) is 4.09. The first-order valence-corrected chi connectivity index (χ1v) is 8.00. The van der Waals surface area contributed by atoms with Crippen LogP contribution >= 0.6 is 0 Å². The van der Waals surface area contributed by atoms with E-state index < -0.39 is 11.6 Å². The molecular formula is C18H24O4. The topological polar surface area (TPSA) is 80.9 Å². The maximum Gasteiger partial charge on any atom is 0.202 e. The first kappa shape index (κ1) is 15.7. The first-order chi connectivity index (χ1) is 10.3. The molecule has 1 saturated carbocycles. The molecule has 3 aliphatic carbocycles. The van der Waals surface area contributed by atoms with Crippen LogP contribution in [0.5, 0.6) is 0 Å². The van der Waals surface area contributed by atoms with Gasteiger partial charge in [-0.05, 0) is 42.6 Å². The van der Waals surface area contributed by atoms with Crippen LogP contribution in [0.1, 0.15) is 32.1 Å². The molecule has 4 heteroatoms. The van der Waals surface area contributed by atoms with Gasteiger partial charge in [-0.15, -0.1) is 0 Å². The van der Waals surface area contributed by atoms with E-state index in [1.807, 2.05) is 24.3 Å². The highest BCUT2D eigenvalue weighted by atomic mass is 16.5. The molecule has 0 radical (unpaired) electrons. The average molecular weight is 304 g/mol. The first-order valence-electron chi connectivity index (χ1n) is 8.00. The van der Waals surface area contributed by atoms with Crippen molar-refractivity contribution < 1.29 is 20.4 Å². The van der Waals surface area contributed by atoms with Crippen molar-refractivity contribution in [3.63, 3.8) is 0 Å². The van der Waals surface area contributed by atoms with E-state index in [0.717, 1.165) is 25.7 Å². The summed E-state index contributed by atoms with van der Waals surface area (Å²) < 4.78 is 0. The Kier molecular flexibility index (Phi) is 3.89. The number of rotatable bonds is 2. The van der Waals surface area contributed by atoms with Crippen molar-refractivity contribution in [3.05, 3.63) is 48.6 Å². The van der Waals surface area contributed by atoms with Gasteiger partial charge in [-0.1, -0.05) is 43.6 Å². The molecule has 3 aliphatic rings. The SMILES string of the molecule is OC1(O)C=CC(C2(C3C=CC(O)(O)C=C3)CCCCC2)C=C1. The van der Waals surface area contributed by atoms with Crippen molar-refractivity contribution in [2.75, 3.05) is 0 Å². The fraction of sp³-hybridized carbons (Fsp3) is 0.556. The summed E-state index contributed by atoms with van der Waals surface area (Å²) >= 11 is 0. The lowest BCUT2D eigenvalue weighted by molar-refractivity contribution is -0.0783. The Hall–Kier alpha value is -1.20. The maximum atomic E-state index is 9.64. The molecule has 0 spiro atoms. The second kappa shape index (κ2) is 5.46. The van der Waals surface area contributed by atoms with Crippen LogP contribution in [-0.4, -0.2) is 32.0 Å². The highest BCUT2D eigenvalue weighted by molar-refractivity contribution is 5.27. The Bertz CT molecular complexity index is 459. The summed E-state index contributed by atoms with van der Waals surface area (Å²) in [6, 6.07) is 0. The molecule has 0 unspecified atom stereocenters. The molecule has 120 valence electrons. The van der Waals surface area contributed by atoms with Crippen molar-refractivity contribution in [2.45, 2.75) is 43.7 Å². The quantitative estimate of drug-likeness (QED) is 0.463. The molecule has 0 aliphatic heterocycles. The van der Waals surface area contributed by atoms with Crippen molar-refractivity contribution >= 4 is 0 Å². The zero-order chi connectivity index (χ0) is 15.8. The fourth-order valence-corrected chi connectivity index (χ4v) is 4.09. The molecule has 0 bridgehead atoms. The van der Waals surface area contributed by atoms with Gasteiger partial charge in [-0.3, -0.25) is 0 Å². The zero-order valence-corrected chi connectivity index (χ0v) is 12.6. The molecule has 22 heavy (non-hydrogen) atoms. The highest BCUT2D eigenvalue weighted by Crippen LogP contribution is 2.52. The molecule has 0 amide bonds. The predicted octanol–water partition coefficient (Wildman–Crippen LogP) is 1.78. The summed E-state index contributed by atoms with van der Waals surface area (Å²) in [5.41, 5.74) is -0.0365.